The highest BCUT2D eigenvalue weighted by Crippen LogP contribution is 2.48. The number of hydrogen-bond acceptors (Lipinski definition) is 4. The fourth-order valence-electron chi connectivity index (χ4n) is 3.80. The maximum Gasteiger partial charge on any atom is 0.255 e. The van der Waals surface area contributed by atoms with Crippen LogP contribution in [0.15, 0.2) is 54.7 Å². The molecule has 0 radical (unpaired) electrons. The average Bonchev–Trinajstić information content (AvgIpc) is 3.44. The summed E-state index contributed by atoms with van der Waals surface area (Å²) in [6.45, 7) is 9.69. The van der Waals surface area contributed by atoms with Gasteiger partial charge in [0.25, 0.3) is 5.92 Å². The van der Waals surface area contributed by atoms with E-state index >= 15 is 0 Å². The lowest BCUT2D eigenvalue weighted by molar-refractivity contribution is 0.0855. The van der Waals surface area contributed by atoms with Gasteiger partial charge in [-0.15, -0.1) is 0 Å². The Morgan fingerprint density at radius 1 is 1.18 bits per heavy atom. The largest absolute Gasteiger partial charge is 0.493 e. The number of nitrogens with one attached hydrogen (secondary N) is 1. The van der Waals surface area contributed by atoms with Gasteiger partial charge in [-0.3, -0.25) is 4.90 Å². The molecule has 2 N–H and O–H groups in total. The molecule has 0 spiro atoms. The fourth-order valence-corrected chi connectivity index (χ4v) is 3.80. The Morgan fingerprint density at radius 2 is 1.85 bits per heavy atom. The van der Waals surface area contributed by atoms with E-state index in [0.717, 1.165) is 16.7 Å². The second kappa shape index (κ2) is 11.1. The van der Waals surface area contributed by atoms with Crippen molar-refractivity contribution >= 4 is 0 Å². The summed E-state index contributed by atoms with van der Waals surface area (Å²) in [5.41, 5.74) is 4.21. The lowest BCUT2D eigenvalue weighted by Crippen LogP contribution is -2.31. The minimum absolute atomic E-state index is 0.0332. The lowest BCUT2D eigenvalue weighted by atomic mass is 9.97. The molecule has 1 aliphatic heterocycles. The monoisotopic (exact) mass is 462 g/mol. The van der Waals surface area contributed by atoms with Crippen LogP contribution in [0, 0.1) is 5.92 Å². The number of aliphatic hydroxyl groups is 1. The van der Waals surface area contributed by atoms with Gasteiger partial charge < -0.3 is 15.2 Å². The molecule has 1 heterocycles. The second-order valence-corrected chi connectivity index (χ2v) is 8.40. The Morgan fingerprint density at radius 3 is 2.48 bits per heavy atom. The van der Waals surface area contributed by atoms with Gasteiger partial charge in [-0.2, -0.15) is 0 Å². The molecule has 33 heavy (non-hydrogen) atoms. The van der Waals surface area contributed by atoms with Gasteiger partial charge in [-0.05, 0) is 34.4 Å². The molecule has 1 fully saturated rings. The summed E-state index contributed by atoms with van der Waals surface area (Å²) in [6.07, 6.45) is -1.28. The topological polar surface area (TPSA) is 44.7 Å². The van der Waals surface area contributed by atoms with Crippen LogP contribution in [-0.2, 0) is 19.6 Å². The highest BCUT2D eigenvalue weighted by molar-refractivity contribution is 5.39. The zero-order chi connectivity index (χ0) is 24.0. The van der Waals surface area contributed by atoms with Crippen LogP contribution in [-0.4, -0.2) is 35.7 Å². The predicted octanol–water partition coefficient (Wildman–Crippen LogP) is 5.37. The molecule has 0 saturated heterocycles. The van der Waals surface area contributed by atoms with Crippen LogP contribution in [0.1, 0.15) is 48.7 Å². The van der Waals surface area contributed by atoms with Crippen molar-refractivity contribution in [3.8, 4) is 5.75 Å². The van der Waals surface area contributed by atoms with Crippen LogP contribution < -0.4 is 10.1 Å². The van der Waals surface area contributed by atoms with Crippen LogP contribution in [0.5, 0.6) is 5.75 Å². The highest BCUT2D eigenvalue weighted by Gasteiger charge is 2.57. The number of nitrogens with zero attached hydrogens (tertiary/aromatic N) is 1. The van der Waals surface area contributed by atoms with Crippen molar-refractivity contribution in [2.45, 2.75) is 52.0 Å². The first kappa shape index (κ1) is 25.1. The highest BCUT2D eigenvalue weighted by atomic mass is 19.3. The number of hydrogen-bond donors (Lipinski definition) is 2. The van der Waals surface area contributed by atoms with Crippen LogP contribution in [0.2, 0.25) is 0 Å². The van der Waals surface area contributed by atoms with Crippen LogP contribution in [0.4, 0.5) is 13.2 Å². The van der Waals surface area contributed by atoms with E-state index in [4.69, 9.17) is 9.84 Å². The lowest BCUT2D eigenvalue weighted by Gasteiger charge is -2.31. The average molecular weight is 463 g/mol. The summed E-state index contributed by atoms with van der Waals surface area (Å²) in [5.74, 6) is -2.89. The molecular formula is C26H33F3N2O2. The van der Waals surface area contributed by atoms with Crippen LogP contribution in [0.3, 0.4) is 0 Å². The number of aliphatic hydroxyl groups excluding tert-OH is 1. The number of alkyl halides is 3. The van der Waals surface area contributed by atoms with Crippen LogP contribution >= 0.6 is 0 Å². The smallest absolute Gasteiger partial charge is 0.255 e. The third kappa shape index (κ3) is 6.74. The van der Waals surface area contributed by atoms with E-state index in [1.54, 1.807) is 12.1 Å². The Hall–Kier alpha value is -2.51. The molecule has 2 aliphatic rings. The van der Waals surface area contributed by atoms with E-state index in [9.17, 15) is 13.2 Å². The first-order valence-corrected chi connectivity index (χ1v) is 11.4. The third-order valence-electron chi connectivity index (χ3n) is 5.84. The van der Waals surface area contributed by atoms with E-state index in [1.165, 1.54) is 0 Å². The van der Waals surface area contributed by atoms with Crippen molar-refractivity contribution in [1.82, 2.24) is 10.2 Å². The van der Waals surface area contributed by atoms with E-state index < -0.39 is 18.0 Å². The standard InChI is InChI=1S/C24H27F3N2O2.C2H6/c1-16(14-30)28-10-17-2-4-18(5-3-17)11-29-12-19-6-7-21(8-22(19)23(25)13-29)31-15-20-9-24(20,26)27;1-2/h2-8,20,23,28,30H,1,9-15H2;1-2H3. The van der Waals surface area contributed by atoms with E-state index in [-0.39, 0.29) is 26.2 Å². The van der Waals surface area contributed by atoms with Gasteiger partial charge in [-0.1, -0.05) is 50.8 Å². The number of benzene rings is 2. The molecule has 0 aromatic heterocycles. The fraction of sp³-hybridized carbons (Fsp3) is 0.462. The quantitative estimate of drug-likeness (QED) is 0.526. The second-order valence-electron chi connectivity index (χ2n) is 8.40. The molecule has 2 aromatic carbocycles. The molecule has 4 rings (SSSR count). The van der Waals surface area contributed by atoms with E-state index in [0.29, 0.717) is 36.6 Å². The number of fused-ring (bicyclic) bond motifs is 1. The summed E-state index contributed by atoms with van der Waals surface area (Å²) in [6, 6.07) is 13.3. The molecule has 180 valence electrons. The number of rotatable bonds is 9. The zero-order valence-corrected chi connectivity index (χ0v) is 19.3. The van der Waals surface area contributed by atoms with Crippen molar-refractivity contribution in [2.75, 3.05) is 19.8 Å². The minimum atomic E-state index is -2.61. The molecule has 1 aliphatic carbocycles. The molecule has 2 aromatic rings. The van der Waals surface area contributed by atoms with Gasteiger partial charge in [-0.25, -0.2) is 13.2 Å². The van der Waals surface area contributed by atoms with Gasteiger partial charge in [0.1, 0.15) is 11.9 Å². The SMILES string of the molecule is C=C(CO)NCc1ccc(CN2Cc3ccc(OCC4CC4(F)F)cc3C(F)C2)cc1.CC. The maximum atomic E-state index is 14.9. The summed E-state index contributed by atoms with van der Waals surface area (Å²) in [5, 5.41) is 12.0. The molecule has 7 heteroatoms. The Balaban J connectivity index is 0.00000149. The molecule has 2 atom stereocenters. The molecule has 0 bridgehead atoms. The van der Waals surface area contributed by atoms with Gasteiger partial charge in [0.15, 0.2) is 0 Å². The predicted molar refractivity (Wildman–Crippen MR) is 124 cm³/mol. The number of halogens is 3. The number of ether oxygens (including phenoxy) is 1. The Labute approximate surface area is 194 Å². The molecule has 4 nitrogen and oxygen atoms in total. The van der Waals surface area contributed by atoms with Gasteiger partial charge in [0.05, 0.1) is 19.1 Å². The molecular weight excluding hydrogens is 429 g/mol. The van der Waals surface area contributed by atoms with E-state index in [1.807, 2.05) is 44.2 Å². The first-order chi connectivity index (χ1) is 15.8. The van der Waals surface area contributed by atoms with Crippen LogP contribution in [0.25, 0.3) is 0 Å². The van der Waals surface area contributed by atoms with Crippen molar-refractivity contribution in [2.24, 2.45) is 5.92 Å². The maximum absolute atomic E-state index is 14.9. The minimum Gasteiger partial charge on any atom is -0.493 e. The van der Waals surface area contributed by atoms with Gasteiger partial charge in [0.2, 0.25) is 0 Å². The Bertz CT molecular complexity index is 934. The van der Waals surface area contributed by atoms with Crippen molar-refractivity contribution in [3.05, 3.63) is 77.0 Å². The Kier molecular flexibility index (Phi) is 8.43. The summed E-state index contributed by atoms with van der Waals surface area (Å²) >= 11 is 0. The first-order valence-electron chi connectivity index (χ1n) is 11.4. The van der Waals surface area contributed by atoms with Crippen molar-refractivity contribution < 1.29 is 23.0 Å². The van der Waals surface area contributed by atoms with Gasteiger partial charge >= 0.3 is 0 Å². The molecule has 2 unspecified atom stereocenters. The van der Waals surface area contributed by atoms with E-state index in [2.05, 4.69) is 16.8 Å². The molecule has 0 amide bonds. The summed E-state index contributed by atoms with van der Waals surface area (Å²) in [4.78, 5) is 2.05. The van der Waals surface area contributed by atoms with Gasteiger partial charge in [0, 0.05) is 38.3 Å². The van der Waals surface area contributed by atoms with Crippen molar-refractivity contribution in [3.63, 3.8) is 0 Å². The third-order valence-corrected chi connectivity index (χ3v) is 5.84. The summed E-state index contributed by atoms with van der Waals surface area (Å²) in [7, 11) is 0. The zero-order valence-electron chi connectivity index (χ0n) is 19.3. The van der Waals surface area contributed by atoms with Crippen molar-refractivity contribution in [1.29, 1.82) is 0 Å². The normalized spacial score (nSPS) is 20.8. The summed E-state index contributed by atoms with van der Waals surface area (Å²) < 4.78 is 46.3. The molecule has 1 saturated carbocycles.